The second kappa shape index (κ2) is 5.65. The lowest BCUT2D eigenvalue weighted by molar-refractivity contribution is 0.174. The Morgan fingerprint density at radius 1 is 1.33 bits per heavy atom. The maximum absolute atomic E-state index is 11.1. The Bertz CT molecular complexity index is 354. The van der Waals surface area contributed by atoms with E-state index in [0.29, 0.717) is 5.69 Å². The second-order valence-corrected chi connectivity index (χ2v) is 2.84. The molecule has 1 aromatic carbocycles. The van der Waals surface area contributed by atoms with Gasteiger partial charge >= 0.3 is 6.09 Å². The molecule has 0 radical (unpaired) electrons. The number of carbonyl (C=O) groups excluding carboxylic acids is 1. The Labute approximate surface area is 89.1 Å². The van der Waals surface area contributed by atoms with Crippen LogP contribution in [-0.4, -0.2) is 12.7 Å². The third-order valence-electron chi connectivity index (χ3n) is 1.73. The first kappa shape index (κ1) is 11.0. The van der Waals surface area contributed by atoms with E-state index in [1.807, 2.05) is 12.1 Å². The molecule has 78 valence electrons. The van der Waals surface area contributed by atoms with Crippen LogP contribution in [0, 0.1) is 0 Å². The number of carbonyl (C=O) groups is 1. The lowest BCUT2D eigenvalue weighted by atomic mass is 10.2. The number of anilines is 1. The molecular formula is C12H13NO2. The maximum atomic E-state index is 11.1. The molecule has 0 unspecified atom stereocenters. The van der Waals surface area contributed by atoms with E-state index in [2.05, 4.69) is 18.5 Å². The zero-order valence-corrected chi connectivity index (χ0v) is 8.40. The van der Waals surface area contributed by atoms with Crippen molar-refractivity contribution in [1.82, 2.24) is 0 Å². The second-order valence-electron chi connectivity index (χ2n) is 2.84. The Kier molecular flexibility index (Phi) is 4.16. The van der Waals surface area contributed by atoms with Crippen LogP contribution in [0.5, 0.6) is 0 Å². The van der Waals surface area contributed by atoms with Crippen molar-refractivity contribution in [2.24, 2.45) is 0 Å². The normalized spacial score (nSPS) is 9.07. The molecule has 0 aliphatic rings. The van der Waals surface area contributed by atoms with Crippen LogP contribution in [0.25, 0.3) is 6.08 Å². The summed E-state index contributed by atoms with van der Waals surface area (Å²) in [6.07, 6.45) is 2.77. The number of ether oxygens (including phenoxy) is 1. The highest BCUT2D eigenvalue weighted by Crippen LogP contribution is 2.10. The van der Waals surface area contributed by atoms with E-state index in [1.54, 1.807) is 18.2 Å². The lowest BCUT2D eigenvalue weighted by Gasteiger charge is -2.05. The fourth-order valence-electron chi connectivity index (χ4n) is 0.991. The molecule has 0 aliphatic carbocycles. The molecular weight excluding hydrogens is 190 g/mol. The Morgan fingerprint density at radius 2 is 2.00 bits per heavy atom. The number of nitrogens with one attached hydrogen (secondary N) is 1. The molecule has 0 atom stereocenters. The third-order valence-corrected chi connectivity index (χ3v) is 1.73. The van der Waals surface area contributed by atoms with Crippen LogP contribution in [0.2, 0.25) is 0 Å². The van der Waals surface area contributed by atoms with Gasteiger partial charge in [-0.25, -0.2) is 4.79 Å². The summed E-state index contributed by atoms with van der Waals surface area (Å²) in [7, 11) is 0. The molecule has 0 saturated heterocycles. The molecule has 1 amide bonds. The molecule has 1 rings (SSSR count). The van der Waals surface area contributed by atoms with Gasteiger partial charge in [0.1, 0.15) is 6.61 Å². The van der Waals surface area contributed by atoms with E-state index in [-0.39, 0.29) is 6.61 Å². The highest BCUT2D eigenvalue weighted by Gasteiger charge is 2.00. The van der Waals surface area contributed by atoms with Crippen molar-refractivity contribution in [2.45, 2.75) is 0 Å². The molecule has 0 saturated carbocycles. The van der Waals surface area contributed by atoms with Crippen molar-refractivity contribution in [3.05, 3.63) is 49.1 Å². The predicted molar refractivity (Wildman–Crippen MR) is 61.7 cm³/mol. The molecule has 15 heavy (non-hydrogen) atoms. The minimum Gasteiger partial charge on any atom is -0.445 e. The standard InChI is InChI=1S/C12H13NO2/c1-3-9-15-12(14)13-11-7-5-10(4-2)6-8-11/h3-8H,1-2,9H2,(H,13,14). The Balaban J connectivity index is 2.53. The van der Waals surface area contributed by atoms with Crippen LogP contribution in [-0.2, 0) is 4.74 Å². The summed E-state index contributed by atoms with van der Waals surface area (Å²) in [6, 6.07) is 7.28. The number of hydrogen-bond acceptors (Lipinski definition) is 2. The molecule has 0 bridgehead atoms. The van der Waals surface area contributed by atoms with Gasteiger partial charge < -0.3 is 4.74 Å². The van der Waals surface area contributed by atoms with Crippen molar-refractivity contribution in [3.63, 3.8) is 0 Å². The Morgan fingerprint density at radius 3 is 2.53 bits per heavy atom. The number of amides is 1. The van der Waals surface area contributed by atoms with Gasteiger partial charge in [0.25, 0.3) is 0 Å². The van der Waals surface area contributed by atoms with Crippen molar-refractivity contribution >= 4 is 17.9 Å². The molecule has 0 spiro atoms. The van der Waals surface area contributed by atoms with Gasteiger partial charge in [0.15, 0.2) is 0 Å². The topological polar surface area (TPSA) is 38.3 Å². The molecule has 0 aliphatic heterocycles. The SMILES string of the molecule is C=CCOC(=O)Nc1ccc(C=C)cc1. The van der Waals surface area contributed by atoms with E-state index < -0.39 is 6.09 Å². The quantitative estimate of drug-likeness (QED) is 0.764. The molecule has 3 nitrogen and oxygen atoms in total. The first-order valence-corrected chi connectivity index (χ1v) is 4.53. The van der Waals surface area contributed by atoms with Gasteiger partial charge in [0, 0.05) is 5.69 Å². The van der Waals surface area contributed by atoms with Gasteiger partial charge in [-0.1, -0.05) is 37.4 Å². The lowest BCUT2D eigenvalue weighted by Crippen LogP contribution is -2.13. The van der Waals surface area contributed by atoms with Crippen molar-refractivity contribution in [3.8, 4) is 0 Å². The fourth-order valence-corrected chi connectivity index (χ4v) is 0.991. The highest BCUT2D eigenvalue weighted by atomic mass is 16.5. The van der Waals surface area contributed by atoms with Gasteiger partial charge in [-0.15, -0.1) is 0 Å². The number of rotatable bonds is 4. The van der Waals surface area contributed by atoms with Crippen LogP contribution < -0.4 is 5.32 Å². The van der Waals surface area contributed by atoms with Gasteiger partial charge in [0.2, 0.25) is 0 Å². The van der Waals surface area contributed by atoms with Crippen molar-refractivity contribution in [2.75, 3.05) is 11.9 Å². The van der Waals surface area contributed by atoms with Gasteiger partial charge in [-0.05, 0) is 17.7 Å². The van der Waals surface area contributed by atoms with Crippen molar-refractivity contribution < 1.29 is 9.53 Å². The van der Waals surface area contributed by atoms with Gasteiger partial charge in [0.05, 0.1) is 0 Å². The van der Waals surface area contributed by atoms with Crippen LogP contribution in [0.3, 0.4) is 0 Å². The molecule has 0 heterocycles. The van der Waals surface area contributed by atoms with E-state index >= 15 is 0 Å². The first-order valence-electron chi connectivity index (χ1n) is 4.53. The zero-order chi connectivity index (χ0) is 11.1. The van der Waals surface area contributed by atoms with Crippen LogP contribution >= 0.6 is 0 Å². The zero-order valence-electron chi connectivity index (χ0n) is 8.40. The summed E-state index contributed by atoms with van der Waals surface area (Å²) in [4.78, 5) is 11.1. The van der Waals surface area contributed by atoms with Crippen LogP contribution in [0.15, 0.2) is 43.5 Å². The fraction of sp³-hybridized carbons (Fsp3) is 0.0833. The largest absolute Gasteiger partial charge is 0.445 e. The predicted octanol–water partition coefficient (Wildman–Crippen LogP) is 3.06. The highest BCUT2D eigenvalue weighted by molar-refractivity contribution is 5.84. The van der Waals surface area contributed by atoms with E-state index in [1.165, 1.54) is 6.08 Å². The minimum atomic E-state index is -0.485. The summed E-state index contributed by atoms with van der Waals surface area (Å²) in [6.45, 7) is 7.29. The Hall–Kier alpha value is -2.03. The van der Waals surface area contributed by atoms with Gasteiger partial charge in [-0.3, -0.25) is 5.32 Å². The molecule has 1 aromatic rings. The minimum absolute atomic E-state index is 0.205. The first-order chi connectivity index (χ1) is 7.26. The third kappa shape index (κ3) is 3.68. The average Bonchev–Trinajstić information content (AvgIpc) is 2.27. The molecule has 1 N–H and O–H groups in total. The van der Waals surface area contributed by atoms with E-state index in [9.17, 15) is 4.79 Å². The monoisotopic (exact) mass is 203 g/mol. The maximum Gasteiger partial charge on any atom is 0.411 e. The summed E-state index contributed by atoms with van der Waals surface area (Å²) in [5.74, 6) is 0. The van der Waals surface area contributed by atoms with E-state index in [0.717, 1.165) is 5.56 Å². The number of hydrogen-bond donors (Lipinski definition) is 1. The van der Waals surface area contributed by atoms with Crippen LogP contribution in [0.4, 0.5) is 10.5 Å². The van der Waals surface area contributed by atoms with Crippen LogP contribution in [0.1, 0.15) is 5.56 Å². The summed E-state index contributed by atoms with van der Waals surface area (Å²) in [5.41, 5.74) is 1.69. The summed E-state index contributed by atoms with van der Waals surface area (Å²) < 4.78 is 4.76. The smallest absolute Gasteiger partial charge is 0.411 e. The summed E-state index contributed by atoms with van der Waals surface area (Å²) in [5, 5.41) is 2.58. The van der Waals surface area contributed by atoms with Gasteiger partial charge in [-0.2, -0.15) is 0 Å². The molecule has 0 aromatic heterocycles. The van der Waals surface area contributed by atoms with Crippen molar-refractivity contribution in [1.29, 1.82) is 0 Å². The average molecular weight is 203 g/mol. The summed E-state index contributed by atoms with van der Waals surface area (Å²) >= 11 is 0. The number of benzene rings is 1. The molecule has 3 heteroatoms. The van der Waals surface area contributed by atoms with E-state index in [4.69, 9.17) is 4.74 Å². The molecule has 0 fully saturated rings.